The number of alkyl halides is 1. The number of likely N-dealkylation sites (tertiary alicyclic amines) is 1. The number of aliphatic hydroxyl groups excluding tert-OH is 1. The van der Waals surface area contributed by atoms with Gasteiger partial charge in [0.1, 0.15) is 0 Å². The molecule has 0 aromatic rings. The van der Waals surface area contributed by atoms with Crippen molar-refractivity contribution in [3.8, 4) is 0 Å². The Labute approximate surface area is 121 Å². The SMILES string of the molecule is OCC1CCN(CCCCCCCCCBr)CC1. The molecule has 0 bridgehead atoms. The van der Waals surface area contributed by atoms with Crippen LogP contribution in [0.5, 0.6) is 0 Å². The van der Waals surface area contributed by atoms with E-state index in [1.54, 1.807) is 0 Å². The van der Waals surface area contributed by atoms with Crippen molar-refractivity contribution < 1.29 is 5.11 Å². The zero-order chi connectivity index (χ0) is 13.1. The smallest absolute Gasteiger partial charge is 0.0460 e. The van der Waals surface area contributed by atoms with Crippen molar-refractivity contribution in [1.29, 1.82) is 0 Å². The zero-order valence-electron chi connectivity index (χ0n) is 11.7. The minimum Gasteiger partial charge on any atom is -0.396 e. The molecule has 1 aliphatic heterocycles. The molecule has 0 aliphatic carbocycles. The fraction of sp³-hybridized carbons (Fsp3) is 1.00. The van der Waals surface area contributed by atoms with Gasteiger partial charge in [0.05, 0.1) is 0 Å². The quantitative estimate of drug-likeness (QED) is 0.489. The van der Waals surface area contributed by atoms with E-state index in [0.717, 1.165) is 5.33 Å². The summed E-state index contributed by atoms with van der Waals surface area (Å²) >= 11 is 3.48. The van der Waals surface area contributed by atoms with Crippen LogP contribution in [0.4, 0.5) is 0 Å². The van der Waals surface area contributed by atoms with Crippen LogP contribution < -0.4 is 0 Å². The van der Waals surface area contributed by atoms with Gasteiger partial charge >= 0.3 is 0 Å². The second kappa shape index (κ2) is 11.2. The van der Waals surface area contributed by atoms with Crippen LogP contribution in [0, 0.1) is 5.92 Å². The Morgan fingerprint density at radius 3 is 2.00 bits per heavy atom. The van der Waals surface area contributed by atoms with Gasteiger partial charge in [0.25, 0.3) is 0 Å². The highest BCUT2D eigenvalue weighted by molar-refractivity contribution is 9.09. The molecule has 18 heavy (non-hydrogen) atoms. The van der Waals surface area contributed by atoms with Crippen molar-refractivity contribution >= 4 is 15.9 Å². The van der Waals surface area contributed by atoms with Crippen molar-refractivity contribution in [2.24, 2.45) is 5.92 Å². The van der Waals surface area contributed by atoms with Gasteiger partial charge < -0.3 is 10.0 Å². The largest absolute Gasteiger partial charge is 0.396 e. The van der Waals surface area contributed by atoms with Crippen LogP contribution in [0.15, 0.2) is 0 Å². The van der Waals surface area contributed by atoms with Crippen LogP contribution in [-0.2, 0) is 0 Å². The summed E-state index contributed by atoms with van der Waals surface area (Å²) in [4.78, 5) is 2.58. The molecule has 2 nitrogen and oxygen atoms in total. The van der Waals surface area contributed by atoms with Crippen LogP contribution in [-0.4, -0.2) is 41.6 Å². The fourth-order valence-electron chi connectivity index (χ4n) is 2.71. The summed E-state index contributed by atoms with van der Waals surface area (Å²) in [5.74, 6) is 0.579. The molecule has 1 fully saturated rings. The number of aliphatic hydroxyl groups is 1. The first-order valence-corrected chi connectivity index (χ1v) is 8.88. The predicted molar refractivity (Wildman–Crippen MR) is 82.4 cm³/mol. The normalized spacial score (nSPS) is 18.3. The molecule has 0 unspecified atom stereocenters. The topological polar surface area (TPSA) is 23.5 Å². The van der Waals surface area contributed by atoms with E-state index in [0.29, 0.717) is 12.5 Å². The Balaban J connectivity index is 1.84. The van der Waals surface area contributed by atoms with Crippen molar-refractivity contribution in [2.45, 2.75) is 57.8 Å². The molecule has 1 rings (SSSR count). The number of halogens is 1. The summed E-state index contributed by atoms with van der Waals surface area (Å²) < 4.78 is 0. The van der Waals surface area contributed by atoms with Gasteiger partial charge in [0.15, 0.2) is 0 Å². The van der Waals surface area contributed by atoms with Crippen LogP contribution in [0.25, 0.3) is 0 Å². The number of piperidine rings is 1. The van der Waals surface area contributed by atoms with Gasteiger partial charge in [0, 0.05) is 11.9 Å². The van der Waals surface area contributed by atoms with E-state index in [-0.39, 0.29) is 0 Å². The third-order valence-electron chi connectivity index (χ3n) is 4.07. The number of rotatable bonds is 10. The lowest BCUT2D eigenvalue weighted by molar-refractivity contribution is 0.130. The Morgan fingerprint density at radius 1 is 0.889 bits per heavy atom. The zero-order valence-corrected chi connectivity index (χ0v) is 13.3. The van der Waals surface area contributed by atoms with Gasteiger partial charge in [-0.1, -0.05) is 48.0 Å². The number of unbranched alkanes of at least 4 members (excludes halogenated alkanes) is 6. The van der Waals surface area contributed by atoms with E-state index >= 15 is 0 Å². The maximum Gasteiger partial charge on any atom is 0.0460 e. The fourth-order valence-corrected chi connectivity index (χ4v) is 3.10. The van der Waals surface area contributed by atoms with Gasteiger partial charge in [-0.2, -0.15) is 0 Å². The van der Waals surface area contributed by atoms with Crippen LogP contribution in [0.3, 0.4) is 0 Å². The predicted octanol–water partition coefficient (Wildman–Crippen LogP) is 3.82. The van der Waals surface area contributed by atoms with Crippen LogP contribution in [0.2, 0.25) is 0 Å². The molecule has 0 atom stereocenters. The maximum absolute atomic E-state index is 9.09. The molecular formula is C15H30BrNO. The molecule has 108 valence electrons. The molecule has 0 saturated carbocycles. The van der Waals surface area contributed by atoms with Gasteiger partial charge in [-0.3, -0.25) is 0 Å². The third kappa shape index (κ3) is 7.75. The highest BCUT2D eigenvalue weighted by Crippen LogP contribution is 2.17. The number of nitrogens with zero attached hydrogens (tertiary/aromatic N) is 1. The van der Waals surface area contributed by atoms with Crippen molar-refractivity contribution in [1.82, 2.24) is 4.90 Å². The minimum absolute atomic E-state index is 0.391. The van der Waals surface area contributed by atoms with E-state index in [1.807, 2.05) is 0 Å². The second-order valence-electron chi connectivity index (χ2n) is 5.63. The van der Waals surface area contributed by atoms with Crippen LogP contribution >= 0.6 is 15.9 Å². The van der Waals surface area contributed by atoms with Gasteiger partial charge in [0.2, 0.25) is 0 Å². The lowest BCUT2D eigenvalue weighted by Gasteiger charge is -2.30. The molecule has 1 saturated heterocycles. The van der Waals surface area contributed by atoms with Crippen molar-refractivity contribution in [2.75, 3.05) is 31.6 Å². The Bertz CT molecular complexity index is 181. The number of hydrogen-bond acceptors (Lipinski definition) is 2. The first-order chi connectivity index (χ1) is 8.86. The summed E-state index contributed by atoms with van der Waals surface area (Å²) in [5.41, 5.74) is 0. The van der Waals surface area contributed by atoms with Crippen LogP contribution in [0.1, 0.15) is 57.8 Å². The molecule has 1 aliphatic rings. The highest BCUT2D eigenvalue weighted by Gasteiger charge is 2.17. The summed E-state index contributed by atoms with van der Waals surface area (Å²) in [6.45, 7) is 4.08. The molecule has 0 amide bonds. The maximum atomic E-state index is 9.09. The average molecular weight is 320 g/mol. The Morgan fingerprint density at radius 2 is 1.44 bits per heavy atom. The highest BCUT2D eigenvalue weighted by atomic mass is 79.9. The lowest BCUT2D eigenvalue weighted by Crippen LogP contribution is -2.35. The molecule has 3 heteroatoms. The van der Waals surface area contributed by atoms with E-state index < -0.39 is 0 Å². The molecule has 0 radical (unpaired) electrons. The minimum atomic E-state index is 0.391. The van der Waals surface area contributed by atoms with E-state index in [9.17, 15) is 0 Å². The van der Waals surface area contributed by atoms with Crippen molar-refractivity contribution in [3.05, 3.63) is 0 Å². The van der Waals surface area contributed by atoms with Crippen molar-refractivity contribution in [3.63, 3.8) is 0 Å². The molecule has 1 N–H and O–H groups in total. The van der Waals surface area contributed by atoms with E-state index in [1.165, 1.54) is 77.4 Å². The second-order valence-corrected chi connectivity index (χ2v) is 6.42. The molecular weight excluding hydrogens is 290 g/mol. The van der Waals surface area contributed by atoms with Gasteiger partial charge in [-0.15, -0.1) is 0 Å². The van der Waals surface area contributed by atoms with Gasteiger partial charge in [-0.05, 0) is 51.2 Å². The number of hydrogen-bond donors (Lipinski definition) is 1. The summed E-state index contributed by atoms with van der Waals surface area (Å²) in [6, 6.07) is 0. The summed E-state index contributed by atoms with van der Waals surface area (Å²) in [6.07, 6.45) is 12.1. The first kappa shape index (κ1) is 16.5. The summed E-state index contributed by atoms with van der Waals surface area (Å²) in [5, 5.41) is 10.3. The third-order valence-corrected chi connectivity index (χ3v) is 4.63. The molecule has 0 spiro atoms. The lowest BCUT2D eigenvalue weighted by atomic mass is 9.97. The molecule has 0 aromatic carbocycles. The van der Waals surface area contributed by atoms with E-state index in [2.05, 4.69) is 20.8 Å². The molecule has 1 heterocycles. The monoisotopic (exact) mass is 319 g/mol. The summed E-state index contributed by atoms with van der Waals surface area (Å²) in [7, 11) is 0. The van der Waals surface area contributed by atoms with Gasteiger partial charge in [-0.25, -0.2) is 0 Å². The first-order valence-electron chi connectivity index (χ1n) is 7.76. The Hall–Kier alpha value is 0.400. The van der Waals surface area contributed by atoms with E-state index in [4.69, 9.17) is 5.11 Å². The average Bonchev–Trinajstić information content (AvgIpc) is 2.42. The molecule has 0 aromatic heterocycles. The standard InChI is InChI=1S/C15H30BrNO/c16-10-6-4-2-1-3-5-7-11-17-12-8-15(14-18)9-13-17/h15,18H,1-14H2. The Kier molecular flexibility index (Phi) is 10.3.